The lowest BCUT2D eigenvalue weighted by atomic mass is 10.2. The van der Waals surface area contributed by atoms with Crippen LogP contribution in [0.25, 0.3) is 11.0 Å². The molecular formula is C17H19N3. The second-order valence-corrected chi connectivity index (χ2v) is 4.77. The van der Waals surface area contributed by atoms with Crippen molar-refractivity contribution in [3.05, 3.63) is 72.6 Å². The summed E-state index contributed by atoms with van der Waals surface area (Å²) in [6, 6.07) is 18.3. The topological polar surface area (TPSA) is 29.0 Å². The summed E-state index contributed by atoms with van der Waals surface area (Å²) in [6.07, 6.45) is 3.39. The van der Waals surface area contributed by atoms with E-state index in [1.54, 1.807) is 12.4 Å². The van der Waals surface area contributed by atoms with Crippen LogP contribution >= 0.6 is 0 Å². The molecule has 0 fully saturated rings. The molecule has 0 saturated carbocycles. The highest BCUT2D eigenvalue weighted by molar-refractivity contribution is 5.72. The minimum absolute atomic E-state index is 0.949. The number of para-hydroxylation sites is 2. The average molecular weight is 265 g/mol. The number of rotatable bonds is 2. The fourth-order valence-electron chi connectivity index (χ4n) is 1.86. The van der Waals surface area contributed by atoms with Gasteiger partial charge < -0.3 is 4.90 Å². The summed E-state index contributed by atoms with van der Waals surface area (Å²) in [6.45, 7) is 1.03. The molecule has 1 aromatic heterocycles. The third-order valence-corrected chi connectivity index (χ3v) is 2.72. The number of aromatic nitrogens is 2. The third-order valence-electron chi connectivity index (χ3n) is 2.72. The fourth-order valence-corrected chi connectivity index (χ4v) is 1.86. The second kappa shape index (κ2) is 7.36. The van der Waals surface area contributed by atoms with Crippen LogP contribution in [-0.4, -0.2) is 29.0 Å². The Morgan fingerprint density at radius 1 is 0.750 bits per heavy atom. The summed E-state index contributed by atoms with van der Waals surface area (Å²) in [7, 11) is 4.15. The maximum atomic E-state index is 4.12. The minimum atomic E-state index is 0.949. The highest BCUT2D eigenvalue weighted by Crippen LogP contribution is 2.04. The first kappa shape index (κ1) is 14.2. The van der Waals surface area contributed by atoms with E-state index < -0.39 is 0 Å². The summed E-state index contributed by atoms with van der Waals surface area (Å²) in [4.78, 5) is 10.4. The fraction of sp³-hybridized carbons (Fsp3) is 0.176. The maximum Gasteiger partial charge on any atom is 0.0886 e. The molecule has 20 heavy (non-hydrogen) atoms. The number of hydrogen-bond acceptors (Lipinski definition) is 3. The molecule has 3 heteroatoms. The van der Waals surface area contributed by atoms with Gasteiger partial charge in [0.2, 0.25) is 0 Å². The van der Waals surface area contributed by atoms with Gasteiger partial charge in [0.1, 0.15) is 0 Å². The maximum absolute atomic E-state index is 4.12. The van der Waals surface area contributed by atoms with E-state index in [4.69, 9.17) is 0 Å². The van der Waals surface area contributed by atoms with E-state index in [-0.39, 0.29) is 0 Å². The standard InChI is InChI=1S/C9H13N.C8H6N2/c1-10(2)8-9-6-4-3-5-7-9;1-2-4-8-7(3-1)9-5-6-10-8/h3-7H,8H2,1-2H3;1-6H. The summed E-state index contributed by atoms with van der Waals surface area (Å²) in [5.74, 6) is 0. The lowest BCUT2D eigenvalue weighted by molar-refractivity contribution is 0.402. The zero-order valence-corrected chi connectivity index (χ0v) is 11.9. The lowest BCUT2D eigenvalue weighted by Gasteiger charge is -2.08. The van der Waals surface area contributed by atoms with Crippen LogP contribution in [0.2, 0.25) is 0 Å². The smallest absolute Gasteiger partial charge is 0.0886 e. The van der Waals surface area contributed by atoms with Gasteiger partial charge in [-0.05, 0) is 31.8 Å². The van der Waals surface area contributed by atoms with Crippen molar-refractivity contribution in [3.63, 3.8) is 0 Å². The Kier molecular flexibility index (Phi) is 5.21. The minimum Gasteiger partial charge on any atom is -0.305 e. The van der Waals surface area contributed by atoms with Crippen molar-refractivity contribution in [2.75, 3.05) is 14.1 Å². The number of benzene rings is 2. The molecule has 102 valence electrons. The second-order valence-electron chi connectivity index (χ2n) is 4.77. The van der Waals surface area contributed by atoms with Gasteiger partial charge in [-0.3, -0.25) is 9.97 Å². The zero-order valence-electron chi connectivity index (χ0n) is 11.9. The van der Waals surface area contributed by atoms with E-state index in [0.29, 0.717) is 0 Å². The summed E-state index contributed by atoms with van der Waals surface area (Å²) in [5, 5.41) is 0. The normalized spacial score (nSPS) is 10.2. The van der Waals surface area contributed by atoms with Crippen LogP contribution in [0.3, 0.4) is 0 Å². The highest BCUT2D eigenvalue weighted by Gasteiger charge is 1.90. The Morgan fingerprint density at radius 2 is 1.25 bits per heavy atom. The van der Waals surface area contributed by atoms with E-state index in [1.165, 1.54) is 5.56 Å². The van der Waals surface area contributed by atoms with Crippen molar-refractivity contribution < 1.29 is 0 Å². The number of hydrogen-bond donors (Lipinski definition) is 0. The van der Waals surface area contributed by atoms with Crippen LogP contribution in [0.5, 0.6) is 0 Å². The molecule has 0 aliphatic carbocycles. The molecule has 0 atom stereocenters. The van der Waals surface area contributed by atoms with Crippen LogP contribution < -0.4 is 0 Å². The van der Waals surface area contributed by atoms with E-state index in [9.17, 15) is 0 Å². The molecule has 0 unspecified atom stereocenters. The molecule has 3 rings (SSSR count). The summed E-state index contributed by atoms with van der Waals surface area (Å²) in [5.41, 5.74) is 3.27. The van der Waals surface area contributed by atoms with Crippen molar-refractivity contribution in [1.82, 2.24) is 14.9 Å². The van der Waals surface area contributed by atoms with Gasteiger partial charge >= 0.3 is 0 Å². The van der Waals surface area contributed by atoms with Crippen molar-refractivity contribution in [2.24, 2.45) is 0 Å². The summed E-state index contributed by atoms with van der Waals surface area (Å²) < 4.78 is 0. The molecular weight excluding hydrogens is 246 g/mol. The molecule has 1 heterocycles. The average Bonchev–Trinajstić information content (AvgIpc) is 2.48. The van der Waals surface area contributed by atoms with Crippen molar-refractivity contribution in [2.45, 2.75) is 6.54 Å². The van der Waals surface area contributed by atoms with Gasteiger partial charge in [0.15, 0.2) is 0 Å². The van der Waals surface area contributed by atoms with Crippen molar-refractivity contribution in [1.29, 1.82) is 0 Å². The Bertz CT molecular complexity index is 570. The molecule has 0 spiro atoms. The van der Waals surface area contributed by atoms with E-state index in [1.807, 2.05) is 30.3 Å². The first-order valence-corrected chi connectivity index (χ1v) is 6.60. The molecule has 3 aromatic rings. The van der Waals surface area contributed by atoms with Gasteiger partial charge in [-0.2, -0.15) is 0 Å². The van der Waals surface area contributed by atoms with E-state index in [0.717, 1.165) is 17.6 Å². The Morgan fingerprint density at radius 3 is 1.75 bits per heavy atom. The molecule has 2 aromatic carbocycles. The Hall–Kier alpha value is -2.26. The molecule has 0 radical (unpaired) electrons. The number of nitrogens with zero attached hydrogens (tertiary/aromatic N) is 3. The van der Waals surface area contributed by atoms with Crippen molar-refractivity contribution >= 4 is 11.0 Å². The van der Waals surface area contributed by atoms with Crippen LogP contribution in [-0.2, 0) is 6.54 Å². The van der Waals surface area contributed by atoms with E-state index >= 15 is 0 Å². The van der Waals surface area contributed by atoms with E-state index in [2.05, 4.69) is 53.2 Å². The molecule has 0 aliphatic rings. The first-order chi connectivity index (χ1) is 9.75. The van der Waals surface area contributed by atoms with Crippen LogP contribution in [0.15, 0.2) is 67.0 Å². The largest absolute Gasteiger partial charge is 0.305 e. The van der Waals surface area contributed by atoms with Gasteiger partial charge in [-0.25, -0.2) is 0 Å². The lowest BCUT2D eigenvalue weighted by Crippen LogP contribution is -2.10. The summed E-state index contributed by atoms with van der Waals surface area (Å²) >= 11 is 0. The molecule has 0 aliphatic heterocycles. The van der Waals surface area contributed by atoms with Gasteiger partial charge in [-0.15, -0.1) is 0 Å². The highest BCUT2D eigenvalue weighted by atomic mass is 15.0. The van der Waals surface area contributed by atoms with Gasteiger partial charge in [0.25, 0.3) is 0 Å². The SMILES string of the molecule is CN(C)Cc1ccccc1.c1ccc2nccnc2c1. The van der Waals surface area contributed by atoms with Gasteiger partial charge in [-0.1, -0.05) is 42.5 Å². The predicted octanol–water partition coefficient (Wildman–Crippen LogP) is 3.38. The van der Waals surface area contributed by atoms with Crippen molar-refractivity contribution in [3.8, 4) is 0 Å². The molecule has 0 saturated heterocycles. The predicted molar refractivity (Wildman–Crippen MR) is 83.4 cm³/mol. The molecule has 0 bridgehead atoms. The van der Waals surface area contributed by atoms with Gasteiger partial charge in [0.05, 0.1) is 11.0 Å². The number of fused-ring (bicyclic) bond motifs is 1. The van der Waals surface area contributed by atoms with Crippen LogP contribution in [0.4, 0.5) is 0 Å². The third kappa shape index (κ3) is 4.44. The van der Waals surface area contributed by atoms with Crippen LogP contribution in [0, 0.1) is 0 Å². The molecule has 3 nitrogen and oxygen atoms in total. The van der Waals surface area contributed by atoms with Crippen LogP contribution in [0.1, 0.15) is 5.56 Å². The quantitative estimate of drug-likeness (QED) is 0.711. The Labute approximate surface area is 119 Å². The monoisotopic (exact) mass is 265 g/mol. The molecule has 0 N–H and O–H groups in total. The first-order valence-electron chi connectivity index (χ1n) is 6.60. The van der Waals surface area contributed by atoms with Gasteiger partial charge in [0, 0.05) is 18.9 Å². The molecule has 0 amide bonds. The Balaban J connectivity index is 0.000000147. The zero-order chi connectivity index (χ0) is 14.2.